The largest absolute Gasteiger partial charge is 0.506 e. The zero-order chi connectivity index (χ0) is 18.7. The van der Waals surface area contributed by atoms with Gasteiger partial charge in [0.2, 0.25) is 10.0 Å². The van der Waals surface area contributed by atoms with Crippen LogP contribution in [0.25, 0.3) is 0 Å². The molecule has 0 aliphatic carbocycles. The molecular formula is C18H18Cl2N2O3S. The van der Waals surface area contributed by atoms with Crippen molar-refractivity contribution in [2.24, 2.45) is 4.99 Å². The smallest absolute Gasteiger partial charge is 0.243 e. The minimum Gasteiger partial charge on any atom is -0.506 e. The van der Waals surface area contributed by atoms with Gasteiger partial charge in [-0.25, -0.2) is 8.42 Å². The predicted molar refractivity (Wildman–Crippen MR) is 104 cm³/mol. The molecule has 1 fully saturated rings. The second-order valence-corrected chi connectivity index (χ2v) is 8.82. The number of phenols is 1. The molecule has 0 aromatic heterocycles. The zero-order valence-electron chi connectivity index (χ0n) is 13.9. The summed E-state index contributed by atoms with van der Waals surface area (Å²) in [5.41, 5.74) is 0.936. The van der Waals surface area contributed by atoms with Gasteiger partial charge < -0.3 is 5.11 Å². The van der Waals surface area contributed by atoms with E-state index >= 15 is 0 Å². The Labute approximate surface area is 162 Å². The summed E-state index contributed by atoms with van der Waals surface area (Å²) in [5.74, 6) is -0.107. The van der Waals surface area contributed by atoms with Gasteiger partial charge in [0.25, 0.3) is 0 Å². The molecule has 1 aliphatic rings. The van der Waals surface area contributed by atoms with E-state index in [1.54, 1.807) is 30.3 Å². The molecule has 0 bridgehead atoms. The molecule has 0 radical (unpaired) electrons. The van der Waals surface area contributed by atoms with Crippen molar-refractivity contribution >= 4 is 45.1 Å². The van der Waals surface area contributed by atoms with Crippen LogP contribution in [-0.4, -0.2) is 37.1 Å². The third-order valence-corrected chi connectivity index (χ3v) is 6.62. The summed E-state index contributed by atoms with van der Waals surface area (Å²) in [6.07, 6.45) is 4.29. The summed E-state index contributed by atoms with van der Waals surface area (Å²) < 4.78 is 26.8. The van der Waals surface area contributed by atoms with Crippen LogP contribution in [0.15, 0.2) is 46.3 Å². The average molecular weight is 413 g/mol. The first-order valence-electron chi connectivity index (χ1n) is 8.20. The maximum atomic E-state index is 12.6. The number of nitrogens with zero attached hydrogens (tertiary/aromatic N) is 2. The molecule has 8 heteroatoms. The Kier molecular flexibility index (Phi) is 5.87. The van der Waals surface area contributed by atoms with Crippen molar-refractivity contribution in [3.8, 4) is 5.75 Å². The van der Waals surface area contributed by atoms with Crippen molar-refractivity contribution in [3.63, 3.8) is 0 Å². The van der Waals surface area contributed by atoms with Gasteiger partial charge in [0.1, 0.15) is 5.75 Å². The Morgan fingerprint density at radius 2 is 1.69 bits per heavy atom. The van der Waals surface area contributed by atoms with Gasteiger partial charge in [-0.05, 0) is 49.2 Å². The summed E-state index contributed by atoms with van der Waals surface area (Å²) in [5, 5.41) is 10.5. The maximum Gasteiger partial charge on any atom is 0.243 e. The molecule has 0 atom stereocenters. The first-order chi connectivity index (χ1) is 12.4. The molecule has 0 saturated carbocycles. The number of halogens is 2. The van der Waals surface area contributed by atoms with Crippen LogP contribution in [0.4, 0.5) is 5.69 Å². The van der Waals surface area contributed by atoms with Gasteiger partial charge >= 0.3 is 0 Å². The Hall–Kier alpha value is -1.60. The van der Waals surface area contributed by atoms with E-state index in [4.69, 9.17) is 23.2 Å². The Morgan fingerprint density at radius 1 is 1.04 bits per heavy atom. The third kappa shape index (κ3) is 4.20. The second-order valence-electron chi connectivity index (χ2n) is 6.04. The lowest BCUT2D eigenvalue weighted by Gasteiger charge is -2.25. The normalized spacial score (nSPS) is 16.2. The summed E-state index contributed by atoms with van der Waals surface area (Å²) in [6, 6.07) is 9.31. The van der Waals surface area contributed by atoms with E-state index in [2.05, 4.69) is 4.99 Å². The number of phenolic OH excluding ortho intramolecular Hbond substituents is 1. The van der Waals surface area contributed by atoms with Gasteiger partial charge in [-0.1, -0.05) is 29.6 Å². The monoisotopic (exact) mass is 412 g/mol. The molecule has 2 aromatic rings. The second kappa shape index (κ2) is 7.96. The molecule has 26 heavy (non-hydrogen) atoms. The molecule has 138 valence electrons. The van der Waals surface area contributed by atoms with E-state index in [1.807, 2.05) is 0 Å². The van der Waals surface area contributed by atoms with Crippen LogP contribution in [0, 0.1) is 0 Å². The van der Waals surface area contributed by atoms with Crippen molar-refractivity contribution in [1.29, 1.82) is 0 Å². The number of hydrogen-bond donors (Lipinski definition) is 1. The number of hydrogen-bond acceptors (Lipinski definition) is 4. The fourth-order valence-corrected chi connectivity index (χ4v) is 4.81. The zero-order valence-corrected chi connectivity index (χ0v) is 16.2. The first-order valence-corrected chi connectivity index (χ1v) is 10.4. The highest BCUT2D eigenvalue weighted by Crippen LogP contribution is 2.30. The van der Waals surface area contributed by atoms with Gasteiger partial charge in [0.15, 0.2) is 0 Å². The SMILES string of the molecule is O=S(=O)(c1ccc(N=Cc2cc(Cl)cc(Cl)c2O)cc1)N1CCCCC1. The van der Waals surface area contributed by atoms with Crippen LogP contribution >= 0.6 is 23.2 Å². The fourth-order valence-electron chi connectivity index (χ4n) is 2.79. The molecule has 0 unspecified atom stereocenters. The van der Waals surface area contributed by atoms with Crippen molar-refractivity contribution in [1.82, 2.24) is 4.31 Å². The summed E-state index contributed by atoms with van der Waals surface area (Å²) in [6.45, 7) is 1.13. The standard InChI is InChI=1S/C18H18Cl2N2O3S/c19-14-10-13(18(23)17(20)11-14)12-21-15-4-6-16(7-5-15)26(24,25)22-8-2-1-3-9-22/h4-7,10-12,23H,1-3,8-9H2. The number of aliphatic imine (C=N–C) groups is 1. The Balaban J connectivity index is 1.80. The van der Waals surface area contributed by atoms with Crippen molar-refractivity contribution in [2.75, 3.05) is 13.1 Å². The lowest BCUT2D eigenvalue weighted by Crippen LogP contribution is -2.35. The number of aromatic hydroxyl groups is 1. The lowest BCUT2D eigenvalue weighted by molar-refractivity contribution is 0.346. The first kappa shape index (κ1) is 19.2. The van der Waals surface area contributed by atoms with Crippen LogP contribution in [0.5, 0.6) is 5.75 Å². The van der Waals surface area contributed by atoms with Gasteiger partial charge in [-0.3, -0.25) is 4.99 Å². The third-order valence-electron chi connectivity index (χ3n) is 4.20. The fraction of sp³-hybridized carbons (Fsp3) is 0.278. The lowest BCUT2D eigenvalue weighted by atomic mass is 10.2. The molecule has 0 spiro atoms. The topological polar surface area (TPSA) is 70.0 Å². The van der Waals surface area contributed by atoms with Crippen molar-refractivity contribution in [2.45, 2.75) is 24.2 Å². The van der Waals surface area contributed by atoms with Gasteiger partial charge in [-0.15, -0.1) is 0 Å². The van der Waals surface area contributed by atoms with Gasteiger partial charge in [0.05, 0.1) is 15.6 Å². The molecule has 1 N–H and O–H groups in total. The Bertz CT molecular complexity index is 922. The van der Waals surface area contributed by atoms with Gasteiger partial charge in [0, 0.05) is 29.9 Å². The van der Waals surface area contributed by atoms with E-state index in [0.717, 1.165) is 19.3 Å². The Morgan fingerprint density at radius 3 is 2.35 bits per heavy atom. The summed E-state index contributed by atoms with van der Waals surface area (Å²) in [7, 11) is -3.46. The predicted octanol–water partition coefficient (Wildman–Crippen LogP) is 4.62. The molecule has 3 rings (SSSR count). The van der Waals surface area contributed by atoms with Crippen LogP contribution in [0.1, 0.15) is 24.8 Å². The summed E-state index contributed by atoms with van der Waals surface area (Å²) in [4.78, 5) is 4.50. The highest BCUT2D eigenvalue weighted by molar-refractivity contribution is 7.89. The highest BCUT2D eigenvalue weighted by atomic mass is 35.5. The van der Waals surface area contributed by atoms with Crippen LogP contribution in [-0.2, 0) is 10.0 Å². The van der Waals surface area contributed by atoms with E-state index < -0.39 is 10.0 Å². The molecule has 1 heterocycles. The molecule has 5 nitrogen and oxygen atoms in total. The van der Waals surface area contributed by atoms with E-state index in [-0.39, 0.29) is 15.7 Å². The number of benzene rings is 2. The number of rotatable bonds is 4. The molecule has 1 aliphatic heterocycles. The average Bonchev–Trinajstić information content (AvgIpc) is 2.64. The van der Waals surface area contributed by atoms with Crippen molar-refractivity contribution < 1.29 is 13.5 Å². The molecule has 1 saturated heterocycles. The highest BCUT2D eigenvalue weighted by Gasteiger charge is 2.25. The van der Waals surface area contributed by atoms with Crippen molar-refractivity contribution in [3.05, 3.63) is 52.0 Å². The van der Waals surface area contributed by atoms with Crippen LogP contribution in [0.3, 0.4) is 0 Å². The quantitative estimate of drug-likeness (QED) is 0.744. The minimum absolute atomic E-state index is 0.107. The van der Waals surface area contributed by atoms with E-state index in [1.165, 1.54) is 16.6 Å². The van der Waals surface area contributed by atoms with Crippen LogP contribution in [0.2, 0.25) is 10.0 Å². The number of piperidine rings is 1. The molecule has 0 amide bonds. The van der Waals surface area contributed by atoms with Crippen LogP contribution < -0.4 is 0 Å². The summed E-state index contributed by atoms with van der Waals surface area (Å²) >= 11 is 11.8. The number of sulfonamides is 1. The van der Waals surface area contributed by atoms with E-state index in [9.17, 15) is 13.5 Å². The van der Waals surface area contributed by atoms with E-state index in [0.29, 0.717) is 29.4 Å². The van der Waals surface area contributed by atoms with Gasteiger partial charge in [-0.2, -0.15) is 4.31 Å². The molecular weight excluding hydrogens is 395 g/mol. The molecule has 2 aromatic carbocycles. The maximum absolute atomic E-state index is 12.6. The minimum atomic E-state index is -3.46.